The predicted molar refractivity (Wildman–Crippen MR) is 62.8 cm³/mol. The second-order valence-corrected chi connectivity index (χ2v) is 3.53. The molecule has 1 atom stereocenters. The van der Waals surface area contributed by atoms with Crippen molar-refractivity contribution < 1.29 is 18.7 Å². The molecule has 0 bridgehead atoms. The first kappa shape index (κ1) is 16.1. The van der Waals surface area contributed by atoms with E-state index in [9.17, 15) is 14.0 Å². The van der Waals surface area contributed by atoms with Crippen LogP contribution in [0.3, 0.4) is 0 Å². The molecule has 1 saturated heterocycles. The number of nitrogens with one attached hydrogen (secondary N) is 1. The van der Waals surface area contributed by atoms with E-state index in [1.807, 2.05) is 0 Å². The van der Waals surface area contributed by atoms with Crippen molar-refractivity contribution in [3.8, 4) is 0 Å². The summed E-state index contributed by atoms with van der Waals surface area (Å²) in [6.07, 6.45) is 0.00938. The van der Waals surface area contributed by atoms with Gasteiger partial charge in [0.1, 0.15) is 6.67 Å². The third-order valence-corrected chi connectivity index (χ3v) is 2.41. The van der Waals surface area contributed by atoms with E-state index in [0.29, 0.717) is 19.7 Å². The molecule has 100 valence electrons. The van der Waals surface area contributed by atoms with E-state index < -0.39 is 18.7 Å². The Morgan fingerprint density at radius 1 is 1.65 bits per heavy atom. The molecule has 0 saturated carbocycles. The van der Waals surface area contributed by atoms with Crippen LogP contribution < -0.4 is 5.32 Å². The lowest BCUT2D eigenvalue weighted by Gasteiger charge is -2.32. The van der Waals surface area contributed by atoms with E-state index in [-0.39, 0.29) is 31.3 Å². The number of rotatable bonds is 5. The summed E-state index contributed by atoms with van der Waals surface area (Å²) >= 11 is 0. The fourth-order valence-electron chi connectivity index (χ4n) is 1.66. The van der Waals surface area contributed by atoms with Crippen molar-refractivity contribution in [2.45, 2.75) is 19.4 Å². The molecular formula is C10H18ClFN2O3. The number of alkyl halides is 1. The number of esters is 1. The standard InChI is InChI=1S/C10H17FN2O3.ClH/c1-2-16-9(14)7-8-10(15)13(5-3-11)6-4-12-8;/h8,12H,2-7H2,1H3;1H. The Morgan fingerprint density at radius 2 is 2.35 bits per heavy atom. The highest BCUT2D eigenvalue weighted by Gasteiger charge is 2.30. The molecule has 0 aromatic carbocycles. The minimum atomic E-state index is -0.570. The van der Waals surface area contributed by atoms with E-state index in [2.05, 4.69) is 5.32 Å². The number of piperazine rings is 1. The van der Waals surface area contributed by atoms with Crippen molar-refractivity contribution in [3.63, 3.8) is 0 Å². The molecular weight excluding hydrogens is 251 g/mol. The van der Waals surface area contributed by atoms with Gasteiger partial charge in [-0.05, 0) is 6.92 Å². The number of hydrogen-bond donors (Lipinski definition) is 1. The van der Waals surface area contributed by atoms with E-state index in [1.54, 1.807) is 6.92 Å². The zero-order chi connectivity index (χ0) is 12.0. The highest BCUT2D eigenvalue weighted by Crippen LogP contribution is 2.06. The molecule has 1 rings (SSSR count). The van der Waals surface area contributed by atoms with Crippen LogP contribution in [0.25, 0.3) is 0 Å². The lowest BCUT2D eigenvalue weighted by atomic mass is 10.1. The van der Waals surface area contributed by atoms with Gasteiger partial charge in [-0.3, -0.25) is 9.59 Å². The Hall–Kier alpha value is -0.880. The van der Waals surface area contributed by atoms with Crippen LogP contribution in [0.15, 0.2) is 0 Å². The SMILES string of the molecule is CCOC(=O)CC1NCCN(CCF)C1=O.Cl. The Morgan fingerprint density at radius 3 is 2.94 bits per heavy atom. The maximum Gasteiger partial charge on any atom is 0.307 e. The van der Waals surface area contributed by atoms with Crippen molar-refractivity contribution in [1.29, 1.82) is 0 Å². The number of nitrogens with zero attached hydrogens (tertiary/aromatic N) is 1. The maximum atomic E-state index is 12.2. The Kier molecular flexibility index (Phi) is 7.82. The molecule has 0 aliphatic carbocycles. The van der Waals surface area contributed by atoms with E-state index in [1.165, 1.54) is 4.90 Å². The number of amides is 1. The molecule has 1 amide bonds. The highest BCUT2D eigenvalue weighted by atomic mass is 35.5. The monoisotopic (exact) mass is 268 g/mol. The lowest BCUT2D eigenvalue weighted by Crippen LogP contribution is -2.56. The molecule has 1 fully saturated rings. The van der Waals surface area contributed by atoms with Crippen LogP contribution in [-0.4, -0.2) is 55.7 Å². The normalized spacial score (nSPS) is 19.8. The van der Waals surface area contributed by atoms with Crippen molar-refractivity contribution >= 4 is 24.3 Å². The fourth-order valence-corrected chi connectivity index (χ4v) is 1.66. The molecule has 0 aromatic heterocycles. The Balaban J connectivity index is 0.00000256. The lowest BCUT2D eigenvalue weighted by molar-refractivity contribution is -0.148. The van der Waals surface area contributed by atoms with Crippen molar-refractivity contribution in [1.82, 2.24) is 10.2 Å². The first-order chi connectivity index (χ1) is 7.69. The van der Waals surface area contributed by atoms with Gasteiger partial charge in [0.2, 0.25) is 5.91 Å². The summed E-state index contributed by atoms with van der Waals surface area (Å²) in [4.78, 5) is 24.4. The molecule has 5 nitrogen and oxygen atoms in total. The Bertz CT molecular complexity index is 264. The largest absolute Gasteiger partial charge is 0.466 e. The van der Waals surface area contributed by atoms with Crippen molar-refractivity contribution in [2.24, 2.45) is 0 Å². The first-order valence-corrected chi connectivity index (χ1v) is 5.42. The van der Waals surface area contributed by atoms with Crippen LogP contribution in [0.1, 0.15) is 13.3 Å². The zero-order valence-corrected chi connectivity index (χ0v) is 10.6. The summed E-state index contributed by atoms with van der Waals surface area (Å²) in [5, 5.41) is 2.93. The molecule has 1 N–H and O–H groups in total. The van der Waals surface area contributed by atoms with Crippen LogP contribution in [-0.2, 0) is 14.3 Å². The smallest absolute Gasteiger partial charge is 0.307 e. The van der Waals surface area contributed by atoms with Crippen LogP contribution in [0.4, 0.5) is 4.39 Å². The second kappa shape index (κ2) is 8.25. The number of ether oxygens (including phenoxy) is 1. The number of carbonyl (C=O) groups excluding carboxylic acids is 2. The summed E-state index contributed by atoms with van der Waals surface area (Å²) in [5.41, 5.74) is 0. The molecule has 1 aliphatic rings. The summed E-state index contributed by atoms with van der Waals surface area (Å²) in [6, 6.07) is -0.570. The number of halogens is 2. The third-order valence-electron chi connectivity index (χ3n) is 2.41. The van der Waals surface area contributed by atoms with Gasteiger partial charge in [0.15, 0.2) is 0 Å². The first-order valence-electron chi connectivity index (χ1n) is 5.42. The van der Waals surface area contributed by atoms with Gasteiger partial charge in [-0.1, -0.05) is 0 Å². The minimum absolute atomic E-state index is 0. The molecule has 1 heterocycles. The molecule has 7 heteroatoms. The van der Waals surface area contributed by atoms with Crippen molar-refractivity contribution in [3.05, 3.63) is 0 Å². The maximum absolute atomic E-state index is 12.2. The minimum Gasteiger partial charge on any atom is -0.466 e. The zero-order valence-electron chi connectivity index (χ0n) is 9.78. The van der Waals surface area contributed by atoms with E-state index in [4.69, 9.17) is 4.74 Å². The highest BCUT2D eigenvalue weighted by molar-refractivity contribution is 5.87. The van der Waals surface area contributed by atoms with Crippen LogP contribution in [0, 0.1) is 0 Å². The summed E-state index contributed by atoms with van der Waals surface area (Å²) in [5.74, 6) is -0.632. The summed E-state index contributed by atoms with van der Waals surface area (Å²) in [7, 11) is 0. The second-order valence-electron chi connectivity index (χ2n) is 3.53. The molecule has 1 unspecified atom stereocenters. The fraction of sp³-hybridized carbons (Fsp3) is 0.800. The van der Waals surface area contributed by atoms with Gasteiger partial charge < -0.3 is 15.0 Å². The average Bonchev–Trinajstić information content (AvgIpc) is 2.24. The van der Waals surface area contributed by atoms with Crippen LogP contribution in [0.5, 0.6) is 0 Å². The predicted octanol–water partition coefficient (Wildman–Crippen LogP) is 0.131. The topological polar surface area (TPSA) is 58.6 Å². The van der Waals surface area contributed by atoms with Gasteiger partial charge in [0.25, 0.3) is 0 Å². The van der Waals surface area contributed by atoms with Crippen LogP contribution >= 0.6 is 12.4 Å². The molecule has 1 aliphatic heterocycles. The van der Waals surface area contributed by atoms with Gasteiger partial charge in [-0.2, -0.15) is 0 Å². The average molecular weight is 269 g/mol. The van der Waals surface area contributed by atoms with Gasteiger partial charge >= 0.3 is 5.97 Å². The van der Waals surface area contributed by atoms with Gasteiger partial charge in [-0.25, -0.2) is 4.39 Å². The quantitative estimate of drug-likeness (QED) is 0.720. The third kappa shape index (κ3) is 4.87. The van der Waals surface area contributed by atoms with Crippen molar-refractivity contribution in [2.75, 3.05) is 32.9 Å². The summed E-state index contributed by atoms with van der Waals surface area (Å²) < 4.78 is 16.9. The molecule has 0 spiro atoms. The molecule has 17 heavy (non-hydrogen) atoms. The molecule has 0 aromatic rings. The van der Waals surface area contributed by atoms with Crippen LogP contribution in [0.2, 0.25) is 0 Å². The van der Waals surface area contributed by atoms with E-state index in [0.717, 1.165) is 0 Å². The van der Waals surface area contributed by atoms with Gasteiger partial charge in [0.05, 0.1) is 19.1 Å². The molecule has 0 radical (unpaired) electrons. The number of carbonyl (C=O) groups is 2. The number of hydrogen-bond acceptors (Lipinski definition) is 4. The van der Waals surface area contributed by atoms with Gasteiger partial charge in [-0.15, -0.1) is 12.4 Å². The Labute approximate surface area is 106 Å². The van der Waals surface area contributed by atoms with E-state index >= 15 is 0 Å². The summed E-state index contributed by atoms with van der Waals surface area (Å²) in [6.45, 7) is 2.62. The van der Waals surface area contributed by atoms with Gasteiger partial charge in [0, 0.05) is 19.6 Å².